The van der Waals surface area contributed by atoms with Gasteiger partial charge in [-0.05, 0) is 37.1 Å². The number of carbonyl (C=O) groups is 2. The molecule has 23 heavy (non-hydrogen) atoms. The van der Waals surface area contributed by atoms with Crippen LogP contribution in [0.4, 0.5) is 5.69 Å². The molecule has 5 heteroatoms. The van der Waals surface area contributed by atoms with Crippen molar-refractivity contribution in [2.45, 2.75) is 26.7 Å². The van der Waals surface area contributed by atoms with Gasteiger partial charge < -0.3 is 15.0 Å². The number of nitrogens with one attached hydrogen (secondary N) is 1. The number of carbonyl (C=O) groups excluding carboxylic acids is 2. The minimum Gasteiger partial charge on any atom is -0.378 e. The predicted octanol–water partition coefficient (Wildman–Crippen LogP) is 2.26. The van der Waals surface area contributed by atoms with Gasteiger partial charge in [-0.15, -0.1) is 0 Å². The maximum atomic E-state index is 12.2. The third-order valence-electron chi connectivity index (χ3n) is 4.35. The number of ether oxygens (including phenoxy) is 1. The first-order valence-corrected chi connectivity index (χ1v) is 8.39. The monoisotopic (exact) mass is 318 g/mol. The van der Waals surface area contributed by atoms with E-state index in [0.29, 0.717) is 5.56 Å². The molecule has 1 aromatic carbocycles. The SMILES string of the molecule is CCC(CC)C(=O)NCC(=O)c1ccc(N2CCOCC2)cc1. The topological polar surface area (TPSA) is 58.6 Å². The lowest BCUT2D eigenvalue weighted by molar-refractivity contribution is -0.125. The van der Waals surface area contributed by atoms with Gasteiger partial charge in [-0.1, -0.05) is 13.8 Å². The van der Waals surface area contributed by atoms with E-state index >= 15 is 0 Å². The molecule has 2 rings (SSSR count). The fourth-order valence-corrected chi connectivity index (χ4v) is 2.75. The van der Waals surface area contributed by atoms with Crippen LogP contribution in [0.25, 0.3) is 0 Å². The quantitative estimate of drug-likeness (QED) is 0.784. The van der Waals surface area contributed by atoms with E-state index in [1.165, 1.54) is 0 Å². The first-order valence-electron chi connectivity index (χ1n) is 8.39. The molecule has 1 aliphatic rings. The van der Waals surface area contributed by atoms with Gasteiger partial charge in [-0.3, -0.25) is 9.59 Å². The maximum absolute atomic E-state index is 12.2. The van der Waals surface area contributed by atoms with Crippen LogP contribution in [-0.2, 0) is 9.53 Å². The molecule has 0 bridgehead atoms. The van der Waals surface area contributed by atoms with E-state index in [0.717, 1.165) is 44.8 Å². The summed E-state index contributed by atoms with van der Waals surface area (Å²) in [6.45, 7) is 7.26. The van der Waals surface area contributed by atoms with Crippen molar-refractivity contribution in [2.75, 3.05) is 37.7 Å². The summed E-state index contributed by atoms with van der Waals surface area (Å²) in [5.74, 6) is -0.0994. The van der Waals surface area contributed by atoms with Crippen molar-refractivity contribution < 1.29 is 14.3 Å². The molecule has 0 spiro atoms. The summed E-state index contributed by atoms with van der Waals surface area (Å²) in [7, 11) is 0. The Hall–Kier alpha value is -1.88. The number of rotatable bonds is 7. The Morgan fingerprint density at radius 3 is 2.30 bits per heavy atom. The van der Waals surface area contributed by atoms with Gasteiger partial charge in [-0.2, -0.15) is 0 Å². The first-order chi connectivity index (χ1) is 11.2. The number of nitrogens with zero attached hydrogens (tertiary/aromatic N) is 1. The van der Waals surface area contributed by atoms with Crippen LogP contribution < -0.4 is 10.2 Å². The van der Waals surface area contributed by atoms with Gasteiger partial charge in [0.2, 0.25) is 5.91 Å². The van der Waals surface area contributed by atoms with Gasteiger partial charge >= 0.3 is 0 Å². The van der Waals surface area contributed by atoms with Gasteiger partial charge in [0.15, 0.2) is 5.78 Å². The fourth-order valence-electron chi connectivity index (χ4n) is 2.75. The van der Waals surface area contributed by atoms with Crippen LogP contribution in [0.15, 0.2) is 24.3 Å². The van der Waals surface area contributed by atoms with Crippen LogP contribution in [0.5, 0.6) is 0 Å². The van der Waals surface area contributed by atoms with Crippen molar-refractivity contribution >= 4 is 17.4 Å². The van der Waals surface area contributed by atoms with Gasteiger partial charge in [-0.25, -0.2) is 0 Å². The summed E-state index contributed by atoms with van der Waals surface area (Å²) in [5, 5.41) is 2.75. The zero-order valence-electron chi connectivity index (χ0n) is 14.0. The molecule has 0 atom stereocenters. The van der Waals surface area contributed by atoms with Crippen molar-refractivity contribution in [3.8, 4) is 0 Å². The maximum Gasteiger partial charge on any atom is 0.223 e. The third kappa shape index (κ3) is 4.79. The first kappa shape index (κ1) is 17.5. The molecule has 1 fully saturated rings. The van der Waals surface area contributed by atoms with Gasteiger partial charge in [0.1, 0.15) is 0 Å². The molecule has 0 saturated carbocycles. The smallest absolute Gasteiger partial charge is 0.223 e. The molecule has 1 aliphatic heterocycles. The minimum absolute atomic E-state index is 0.00787. The highest BCUT2D eigenvalue weighted by molar-refractivity contribution is 5.99. The summed E-state index contributed by atoms with van der Waals surface area (Å²) < 4.78 is 5.34. The Labute approximate surface area is 138 Å². The number of ketones is 1. The highest BCUT2D eigenvalue weighted by Gasteiger charge is 2.16. The zero-order valence-corrected chi connectivity index (χ0v) is 14.0. The molecular weight excluding hydrogens is 292 g/mol. The van der Waals surface area contributed by atoms with Crippen molar-refractivity contribution in [3.05, 3.63) is 29.8 Å². The van der Waals surface area contributed by atoms with Crippen LogP contribution in [0.1, 0.15) is 37.0 Å². The second-order valence-electron chi connectivity index (χ2n) is 5.80. The van der Waals surface area contributed by atoms with E-state index in [2.05, 4.69) is 10.2 Å². The average Bonchev–Trinajstić information content (AvgIpc) is 2.61. The van der Waals surface area contributed by atoms with Crippen molar-refractivity contribution in [1.29, 1.82) is 0 Å². The van der Waals surface area contributed by atoms with E-state index in [-0.39, 0.29) is 24.2 Å². The summed E-state index contributed by atoms with van der Waals surface area (Å²) in [6.07, 6.45) is 1.59. The van der Waals surface area contributed by atoms with E-state index in [1.807, 2.05) is 38.1 Å². The number of morpholine rings is 1. The fraction of sp³-hybridized carbons (Fsp3) is 0.556. The Kier molecular flexibility index (Phi) is 6.59. The second-order valence-corrected chi connectivity index (χ2v) is 5.80. The van der Waals surface area contributed by atoms with Crippen LogP contribution >= 0.6 is 0 Å². The molecule has 1 saturated heterocycles. The molecule has 1 heterocycles. The number of amides is 1. The van der Waals surface area contributed by atoms with Crippen LogP contribution in [0.3, 0.4) is 0 Å². The highest BCUT2D eigenvalue weighted by Crippen LogP contribution is 2.17. The molecule has 0 aliphatic carbocycles. The summed E-state index contributed by atoms with van der Waals surface area (Å²) in [5.41, 5.74) is 1.73. The van der Waals surface area contributed by atoms with E-state index < -0.39 is 0 Å². The highest BCUT2D eigenvalue weighted by atomic mass is 16.5. The zero-order chi connectivity index (χ0) is 16.7. The molecule has 0 radical (unpaired) electrons. The van der Waals surface area contributed by atoms with Crippen molar-refractivity contribution in [2.24, 2.45) is 5.92 Å². The molecule has 1 amide bonds. The largest absolute Gasteiger partial charge is 0.378 e. The van der Waals surface area contributed by atoms with Gasteiger partial charge in [0, 0.05) is 30.3 Å². The van der Waals surface area contributed by atoms with E-state index in [9.17, 15) is 9.59 Å². The summed E-state index contributed by atoms with van der Waals surface area (Å²) >= 11 is 0. The molecule has 5 nitrogen and oxygen atoms in total. The Morgan fingerprint density at radius 1 is 1.13 bits per heavy atom. The Bertz CT molecular complexity index is 518. The molecule has 0 unspecified atom stereocenters. The standard InChI is InChI=1S/C18H26N2O3/c1-3-14(4-2)18(22)19-13-17(21)15-5-7-16(8-6-15)20-9-11-23-12-10-20/h5-8,14H,3-4,9-13H2,1-2H3,(H,19,22). The van der Waals surface area contributed by atoms with Crippen LogP contribution in [-0.4, -0.2) is 44.5 Å². The third-order valence-corrected chi connectivity index (χ3v) is 4.35. The average molecular weight is 318 g/mol. The van der Waals surface area contributed by atoms with Gasteiger partial charge in [0.05, 0.1) is 19.8 Å². The predicted molar refractivity (Wildman–Crippen MR) is 90.9 cm³/mol. The van der Waals surface area contributed by atoms with Crippen LogP contribution in [0, 0.1) is 5.92 Å². The lowest BCUT2D eigenvalue weighted by Gasteiger charge is -2.28. The van der Waals surface area contributed by atoms with Crippen molar-refractivity contribution in [3.63, 3.8) is 0 Å². The molecule has 1 aromatic rings. The minimum atomic E-state index is -0.0576. The number of anilines is 1. The Morgan fingerprint density at radius 2 is 1.74 bits per heavy atom. The molecule has 0 aromatic heterocycles. The van der Waals surface area contributed by atoms with Crippen molar-refractivity contribution in [1.82, 2.24) is 5.32 Å². The second kappa shape index (κ2) is 8.67. The van der Waals surface area contributed by atoms with E-state index in [1.54, 1.807) is 0 Å². The van der Waals surface area contributed by atoms with Gasteiger partial charge in [0.25, 0.3) is 0 Å². The number of hydrogen-bond acceptors (Lipinski definition) is 4. The molecule has 126 valence electrons. The number of benzene rings is 1. The summed E-state index contributed by atoms with van der Waals surface area (Å²) in [4.78, 5) is 26.4. The van der Waals surface area contributed by atoms with E-state index in [4.69, 9.17) is 4.74 Å². The summed E-state index contributed by atoms with van der Waals surface area (Å²) in [6, 6.07) is 7.58. The lowest BCUT2D eigenvalue weighted by Crippen LogP contribution is -2.36. The molecule has 1 N–H and O–H groups in total. The number of hydrogen-bond donors (Lipinski definition) is 1. The normalized spacial score (nSPS) is 14.8. The Balaban J connectivity index is 1.88. The van der Waals surface area contributed by atoms with Crippen LogP contribution in [0.2, 0.25) is 0 Å². The number of Topliss-reactive ketones (excluding diaryl/α,β-unsaturated/α-hetero) is 1. The molecular formula is C18H26N2O3. The lowest BCUT2D eigenvalue weighted by atomic mass is 10.0.